The number of hydrogen-bond donors (Lipinski definition) is 1. The van der Waals surface area contributed by atoms with Gasteiger partial charge in [0.15, 0.2) is 4.34 Å². The number of aliphatic hydroxyl groups is 1. The summed E-state index contributed by atoms with van der Waals surface area (Å²) < 4.78 is 2.33. The number of para-hydroxylation sites is 1. The zero-order valence-corrected chi connectivity index (χ0v) is 11.1. The summed E-state index contributed by atoms with van der Waals surface area (Å²) in [5.74, 6) is 0. The van der Waals surface area contributed by atoms with E-state index in [0.717, 1.165) is 29.1 Å². The van der Waals surface area contributed by atoms with Gasteiger partial charge in [0.05, 0.1) is 16.3 Å². The molecule has 1 saturated carbocycles. The molecule has 1 N–H and O–H groups in total. The van der Waals surface area contributed by atoms with Crippen molar-refractivity contribution in [3.8, 4) is 0 Å². The molecule has 1 aliphatic carbocycles. The standard InChI is InChI=1S/C13H15NOS2/c15-10-6-2-4-8-12(10)17-13-14-9-5-1-3-7-11(9)16-13/h1,3,5,7,10,12,15H,2,4,6,8H2/t10-,12-/m1/s1. The maximum Gasteiger partial charge on any atom is 0.151 e. The second kappa shape index (κ2) is 4.96. The monoisotopic (exact) mass is 265 g/mol. The van der Waals surface area contributed by atoms with Crippen LogP contribution in [0.3, 0.4) is 0 Å². The van der Waals surface area contributed by atoms with Crippen LogP contribution in [0, 0.1) is 0 Å². The summed E-state index contributed by atoms with van der Waals surface area (Å²) in [6.07, 6.45) is 4.31. The van der Waals surface area contributed by atoms with Crippen LogP contribution in [0.1, 0.15) is 25.7 Å². The molecule has 2 atom stereocenters. The molecule has 1 aliphatic rings. The molecular weight excluding hydrogens is 250 g/mol. The van der Waals surface area contributed by atoms with Gasteiger partial charge in [-0.25, -0.2) is 4.98 Å². The first kappa shape index (κ1) is 11.5. The lowest BCUT2D eigenvalue weighted by molar-refractivity contribution is 0.137. The first-order chi connectivity index (χ1) is 8.33. The van der Waals surface area contributed by atoms with Crippen molar-refractivity contribution >= 4 is 33.3 Å². The Bertz CT molecular complexity index is 478. The van der Waals surface area contributed by atoms with Crippen LogP contribution < -0.4 is 0 Å². The summed E-state index contributed by atoms with van der Waals surface area (Å²) in [5.41, 5.74) is 1.07. The number of thiazole rings is 1. The Balaban J connectivity index is 1.79. The fraction of sp³-hybridized carbons (Fsp3) is 0.462. The Kier molecular flexibility index (Phi) is 3.36. The van der Waals surface area contributed by atoms with E-state index >= 15 is 0 Å². The van der Waals surface area contributed by atoms with E-state index in [4.69, 9.17) is 0 Å². The van der Waals surface area contributed by atoms with Crippen molar-refractivity contribution < 1.29 is 5.11 Å². The van der Waals surface area contributed by atoms with Gasteiger partial charge in [0.25, 0.3) is 0 Å². The molecule has 0 aliphatic heterocycles. The van der Waals surface area contributed by atoms with E-state index in [1.165, 1.54) is 11.1 Å². The van der Waals surface area contributed by atoms with Crippen LogP contribution in [0.25, 0.3) is 10.2 Å². The van der Waals surface area contributed by atoms with Crippen molar-refractivity contribution in [2.75, 3.05) is 0 Å². The molecule has 0 radical (unpaired) electrons. The van der Waals surface area contributed by atoms with E-state index in [1.807, 2.05) is 18.2 Å². The molecule has 1 aromatic carbocycles. The number of hydrogen-bond acceptors (Lipinski definition) is 4. The van der Waals surface area contributed by atoms with E-state index in [9.17, 15) is 5.11 Å². The maximum atomic E-state index is 9.96. The number of nitrogens with zero attached hydrogens (tertiary/aromatic N) is 1. The summed E-state index contributed by atoms with van der Waals surface area (Å²) in [6.45, 7) is 0. The van der Waals surface area contributed by atoms with Crippen molar-refractivity contribution in [3.63, 3.8) is 0 Å². The summed E-state index contributed by atoms with van der Waals surface area (Å²) >= 11 is 3.49. The smallest absolute Gasteiger partial charge is 0.151 e. The van der Waals surface area contributed by atoms with Crippen LogP contribution in [0.2, 0.25) is 0 Å². The van der Waals surface area contributed by atoms with Crippen molar-refractivity contribution in [3.05, 3.63) is 24.3 Å². The quantitative estimate of drug-likeness (QED) is 0.899. The number of fused-ring (bicyclic) bond motifs is 1. The molecule has 0 spiro atoms. The molecule has 2 aromatic rings. The second-order valence-electron chi connectivity index (χ2n) is 4.46. The first-order valence-electron chi connectivity index (χ1n) is 6.03. The predicted molar refractivity (Wildman–Crippen MR) is 73.7 cm³/mol. The first-order valence-corrected chi connectivity index (χ1v) is 7.73. The van der Waals surface area contributed by atoms with E-state index in [2.05, 4.69) is 11.1 Å². The van der Waals surface area contributed by atoms with E-state index < -0.39 is 0 Å². The Morgan fingerprint density at radius 1 is 1.24 bits per heavy atom. The third-order valence-electron chi connectivity index (χ3n) is 3.19. The predicted octanol–water partition coefficient (Wildman–Crippen LogP) is 3.69. The lowest BCUT2D eigenvalue weighted by atomic mass is 9.97. The van der Waals surface area contributed by atoms with Crippen molar-refractivity contribution in [2.24, 2.45) is 0 Å². The molecule has 0 saturated heterocycles. The van der Waals surface area contributed by atoms with Crippen LogP contribution >= 0.6 is 23.1 Å². The molecule has 1 heterocycles. The van der Waals surface area contributed by atoms with E-state index in [-0.39, 0.29) is 6.10 Å². The lowest BCUT2D eigenvalue weighted by Crippen LogP contribution is -2.26. The third kappa shape index (κ3) is 2.49. The van der Waals surface area contributed by atoms with Gasteiger partial charge in [-0.1, -0.05) is 36.7 Å². The molecule has 1 fully saturated rings. The molecule has 0 unspecified atom stereocenters. The highest BCUT2D eigenvalue weighted by molar-refractivity contribution is 8.01. The van der Waals surface area contributed by atoms with Crippen molar-refractivity contribution in [1.82, 2.24) is 4.98 Å². The van der Waals surface area contributed by atoms with Crippen LogP contribution in [0.4, 0.5) is 0 Å². The fourth-order valence-electron chi connectivity index (χ4n) is 2.25. The van der Waals surface area contributed by atoms with Crippen molar-refractivity contribution in [1.29, 1.82) is 0 Å². The highest BCUT2D eigenvalue weighted by atomic mass is 32.2. The minimum Gasteiger partial charge on any atom is -0.392 e. The summed E-state index contributed by atoms with van der Waals surface area (Å²) in [4.78, 5) is 4.61. The molecule has 4 heteroatoms. The lowest BCUT2D eigenvalue weighted by Gasteiger charge is -2.25. The summed E-state index contributed by atoms with van der Waals surface area (Å²) in [7, 11) is 0. The molecule has 1 aromatic heterocycles. The molecular formula is C13H15NOS2. The molecule has 0 bridgehead atoms. The second-order valence-corrected chi connectivity index (χ2v) is 6.97. The largest absolute Gasteiger partial charge is 0.392 e. The average molecular weight is 265 g/mol. The zero-order chi connectivity index (χ0) is 11.7. The summed E-state index contributed by atoms with van der Waals surface area (Å²) in [6, 6.07) is 8.22. The fourth-order valence-corrected chi connectivity index (χ4v) is 4.76. The topological polar surface area (TPSA) is 33.1 Å². The van der Waals surface area contributed by atoms with Gasteiger partial charge < -0.3 is 5.11 Å². The molecule has 2 nitrogen and oxygen atoms in total. The van der Waals surface area contributed by atoms with Gasteiger partial charge in [-0.15, -0.1) is 11.3 Å². The van der Waals surface area contributed by atoms with Gasteiger partial charge in [-0.2, -0.15) is 0 Å². The van der Waals surface area contributed by atoms with Crippen LogP contribution in [-0.2, 0) is 0 Å². The molecule has 0 amide bonds. The maximum absolute atomic E-state index is 9.96. The Morgan fingerprint density at radius 2 is 2.06 bits per heavy atom. The Morgan fingerprint density at radius 3 is 2.88 bits per heavy atom. The highest BCUT2D eigenvalue weighted by Gasteiger charge is 2.25. The van der Waals surface area contributed by atoms with Crippen LogP contribution in [0.5, 0.6) is 0 Å². The Hall–Kier alpha value is -0.580. The SMILES string of the molecule is O[C@@H]1CCCC[C@H]1Sc1nc2ccccc2s1. The summed E-state index contributed by atoms with van der Waals surface area (Å²) in [5, 5.41) is 10.3. The highest BCUT2D eigenvalue weighted by Crippen LogP contribution is 2.37. The number of rotatable bonds is 2. The zero-order valence-electron chi connectivity index (χ0n) is 9.50. The third-order valence-corrected chi connectivity index (χ3v) is 5.71. The van der Waals surface area contributed by atoms with Gasteiger partial charge in [0.1, 0.15) is 0 Å². The van der Waals surface area contributed by atoms with Crippen LogP contribution in [-0.4, -0.2) is 21.4 Å². The van der Waals surface area contributed by atoms with E-state index in [0.29, 0.717) is 5.25 Å². The molecule has 3 rings (SSSR count). The average Bonchev–Trinajstić information content (AvgIpc) is 2.74. The number of thioether (sulfide) groups is 1. The van der Waals surface area contributed by atoms with Gasteiger partial charge in [0, 0.05) is 5.25 Å². The van der Waals surface area contributed by atoms with Gasteiger partial charge >= 0.3 is 0 Å². The van der Waals surface area contributed by atoms with Crippen LogP contribution in [0.15, 0.2) is 28.6 Å². The van der Waals surface area contributed by atoms with E-state index in [1.54, 1.807) is 23.1 Å². The molecule has 90 valence electrons. The molecule has 17 heavy (non-hydrogen) atoms. The van der Waals surface area contributed by atoms with Gasteiger partial charge in [-0.3, -0.25) is 0 Å². The number of benzene rings is 1. The van der Waals surface area contributed by atoms with Crippen molar-refractivity contribution in [2.45, 2.75) is 41.4 Å². The minimum atomic E-state index is -0.152. The number of aliphatic hydroxyl groups excluding tert-OH is 1. The van der Waals surface area contributed by atoms with Gasteiger partial charge in [-0.05, 0) is 25.0 Å². The number of aromatic nitrogens is 1. The Labute approximate surface area is 109 Å². The van der Waals surface area contributed by atoms with Gasteiger partial charge in [0.2, 0.25) is 0 Å². The minimum absolute atomic E-state index is 0.152. The normalized spacial score (nSPS) is 25.2.